The van der Waals surface area contributed by atoms with Crippen LogP contribution in [-0.2, 0) is 0 Å². The number of hydrogen-bond acceptors (Lipinski definition) is 3. The minimum absolute atomic E-state index is 0.409. The van der Waals surface area contributed by atoms with E-state index in [1.54, 1.807) is 7.11 Å². The van der Waals surface area contributed by atoms with Crippen LogP contribution in [0.4, 0.5) is 0 Å². The van der Waals surface area contributed by atoms with Crippen molar-refractivity contribution in [1.29, 1.82) is 0 Å². The molecule has 0 radical (unpaired) electrons. The molecule has 3 unspecified atom stereocenters. The van der Waals surface area contributed by atoms with Gasteiger partial charge in [-0.1, -0.05) is 12.1 Å². The average Bonchev–Trinajstić information content (AvgIpc) is 2.70. The Morgan fingerprint density at radius 3 is 2.58 bits per heavy atom. The van der Waals surface area contributed by atoms with Gasteiger partial charge >= 0.3 is 0 Å². The standard InChI is InChI=1S/C16H24N2O/c1-11(12-4-3-5-16(8-12)19-2)18-14-6-7-15(18)10-13(17)9-14/h3-5,8,11,13-15H,6-7,9-10,17H2,1-2H3. The van der Waals surface area contributed by atoms with E-state index in [9.17, 15) is 0 Å². The van der Waals surface area contributed by atoms with Gasteiger partial charge in [0, 0.05) is 24.2 Å². The van der Waals surface area contributed by atoms with Gasteiger partial charge in [-0.2, -0.15) is 0 Å². The van der Waals surface area contributed by atoms with E-state index in [-0.39, 0.29) is 0 Å². The lowest BCUT2D eigenvalue weighted by atomic mass is 9.94. The number of hydrogen-bond donors (Lipinski definition) is 1. The Labute approximate surface area is 115 Å². The van der Waals surface area contributed by atoms with E-state index < -0.39 is 0 Å². The lowest BCUT2D eigenvalue weighted by molar-refractivity contribution is 0.0853. The summed E-state index contributed by atoms with van der Waals surface area (Å²) in [5, 5.41) is 0. The molecule has 2 fully saturated rings. The molecule has 19 heavy (non-hydrogen) atoms. The molecule has 0 aromatic heterocycles. The smallest absolute Gasteiger partial charge is 0.119 e. The normalized spacial score (nSPS) is 32.3. The van der Waals surface area contributed by atoms with Crippen LogP contribution in [0.2, 0.25) is 0 Å². The molecule has 2 saturated heterocycles. The van der Waals surface area contributed by atoms with Crippen molar-refractivity contribution in [1.82, 2.24) is 4.90 Å². The first-order valence-corrected chi connectivity index (χ1v) is 7.36. The Morgan fingerprint density at radius 1 is 1.26 bits per heavy atom. The van der Waals surface area contributed by atoms with Gasteiger partial charge in [0.2, 0.25) is 0 Å². The van der Waals surface area contributed by atoms with E-state index in [1.807, 2.05) is 6.07 Å². The average molecular weight is 260 g/mol. The molecule has 2 aliphatic heterocycles. The van der Waals surface area contributed by atoms with Gasteiger partial charge in [-0.25, -0.2) is 0 Å². The second kappa shape index (κ2) is 5.14. The zero-order valence-corrected chi connectivity index (χ0v) is 11.9. The van der Waals surface area contributed by atoms with Crippen molar-refractivity contribution < 1.29 is 4.74 Å². The fraction of sp³-hybridized carbons (Fsp3) is 0.625. The number of fused-ring (bicyclic) bond motifs is 2. The maximum Gasteiger partial charge on any atom is 0.119 e. The maximum atomic E-state index is 6.16. The van der Waals surface area contributed by atoms with Crippen LogP contribution in [0.1, 0.15) is 44.2 Å². The van der Waals surface area contributed by atoms with E-state index in [1.165, 1.54) is 18.4 Å². The van der Waals surface area contributed by atoms with Gasteiger partial charge in [-0.3, -0.25) is 4.90 Å². The zero-order chi connectivity index (χ0) is 13.4. The van der Waals surface area contributed by atoms with Gasteiger partial charge in [0.15, 0.2) is 0 Å². The summed E-state index contributed by atoms with van der Waals surface area (Å²) in [6.45, 7) is 2.32. The molecule has 0 amide bonds. The third kappa shape index (κ3) is 2.37. The third-order valence-electron chi connectivity index (χ3n) is 4.85. The van der Waals surface area contributed by atoms with Crippen molar-refractivity contribution in [3.8, 4) is 5.75 Å². The first kappa shape index (κ1) is 12.9. The van der Waals surface area contributed by atoms with E-state index in [0.29, 0.717) is 24.2 Å². The second-order valence-electron chi connectivity index (χ2n) is 6.02. The molecule has 3 rings (SSSR count). The zero-order valence-electron chi connectivity index (χ0n) is 11.9. The molecule has 2 N–H and O–H groups in total. The summed E-state index contributed by atoms with van der Waals surface area (Å²) in [4.78, 5) is 2.69. The quantitative estimate of drug-likeness (QED) is 0.908. The molecule has 0 saturated carbocycles. The lowest BCUT2D eigenvalue weighted by Crippen LogP contribution is -2.48. The highest BCUT2D eigenvalue weighted by Gasteiger charge is 2.41. The van der Waals surface area contributed by atoms with Gasteiger partial charge in [0.25, 0.3) is 0 Å². The van der Waals surface area contributed by atoms with Gasteiger partial charge in [0.1, 0.15) is 5.75 Å². The summed E-state index contributed by atoms with van der Waals surface area (Å²) in [6.07, 6.45) is 4.94. The van der Waals surface area contributed by atoms with E-state index >= 15 is 0 Å². The fourth-order valence-corrected chi connectivity index (χ4v) is 3.96. The van der Waals surface area contributed by atoms with Crippen LogP contribution in [0.3, 0.4) is 0 Å². The number of methoxy groups -OCH3 is 1. The Hall–Kier alpha value is -1.06. The number of benzene rings is 1. The molecule has 1 aromatic rings. The Morgan fingerprint density at radius 2 is 1.95 bits per heavy atom. The minimum Gasteiger partial charge on any atom is -0.497 e. The molecule has 0 spiro atoms. The number of nitrogens with two attached hydrogens (primary N) is 1. The Balaban J connectivity index is 1.82. The van der Waals surface area contributed by atoms with Gasteiger partial charge in [0.05, 0.1) is 7.11 Å². The predicted molar refractivity (Wildman–Crippen MR) is 77.3 cm³/mol. The van der Waals surface area contributed by atoms with Crippen molar-refractivity contribution in [2.24, 2.45) is 5.73 Å². The van der Waals surface area contributed by atoms with Crippen LogP contribution >= 0.6 is 0 Å². The van der Waals surface area contributed by atoms with Gasteiger partial charge in [-0.15, -0.1) is 0 Å². The first-order valence-electron chi connectivity index (χ1n) is 7.36. The molecule has 3 atom stereocenters. The summed E-state index contributed by atoms with van der Waals surface area (Å²) in [5.74, 6) is 0.949. The summed E-state index contributed by atoms with van der Waals surface area (Å²) >= 11 is 0. The number of piperidine rings is 1. The van der Waals surface area contributed by atoms with Crippen LogP contribution < -0.4 is 10.5 Å². The molecule has 2 aliphatic rings. The first-order chi connectivity index (χ1) is 9.19. The highest BCUT2D eigenvalue weighted by molar-refractivity contribution is 5.30. The topological polar surface area (TPSA) is 38.5 Å². The van der Waals surface area contributed by atoms with Crippen molar-refractivity contribution in [3.05, 3.63) is 29.8 Å². The maximum absolute atomic E-state index is 6.16. The summed E-state index contributed by atoms with van der Waals surface area (Å²) in [6, 6.07) is 10.7. The minimum atomic E-state index is 0.409. The molecule has 3 nitrogen and oxygen atoms in total. The molecule has 2 bridgehead atoms. The number of rotatable bonds is 3. The monoisotopic (exact) mass is 260 g/mol. The summed E-state index contributed by atoms with van der Waals surface area (Å²) in [5.41, 5.74) is 7.51. The predicted octanol–water partition coefficient (Wildman–Crippen LogP) is 2.71. The molecule has 104 valence electrons. The van der Waals surface area contributed by atoms with Crippen molar-refractivity contribution in [2.45, 2.75) is 56.8 Å². The third-order valence-corrected chi connectivity index (χ3v) is 4.85. The van der Waals surface area contributed by atoms with Crippen molar-refractivity contribution in [2.75, 3.05) is 7.11 Å². The van der Waals surface area contributed by atoms with Crippen molar-refractivity contribution in [3.63, 3.8) is 0 Å². The molecular weight excluding hydrogens is 236 g/mol. The molecule has 2 heterocycles. The van der Waals surface area contributed by atoms with Crippen LogP contribution in [0.25, 0.3) is 0 Å². The van der Waals surface area contributed by atoms with E-state index in [0.717, 1.165) is 18.6 Å². The van der Waals surface area contributed by atoms with Crippen LogP contribution in [0.15, 0.2) is 24.3 Å². The number of nitrogens with zero attached hydrogens (tertiary/aromatic N) is 1. The van der Waals surface area contributed by atoms with E-state index in [4.69, 9.17) is 10.5 Å². The summed E-state index contributed by atoms with van der Waals surface area (Å²) < 4.78 is 5.34. The second-order valence-corrected chi connectivity index (χ2v) is 6.02. The fourth-order valence-electron chi connectivity index (χ4n) is 3.96. The highest BCUT2D eigenvalue weighted by atomic mass is 16.5. The molecular formula is C16H24N2O. The van der Waals surface area contributed by atoms with E-state index in [2.05, 4.69) is 30.0 Å². The van der Waals surface area contributed by atoms with Crippen LogP contribution in [0.5, 0.6) is 5.75 Å². The van der Waals surface area contributed by atoms with Crippen LogP contribution in [-0.4, -0.2) is 30.1 Å². The molecule has 1 aromatic carbocycles. The Kier molecular flexibility index (Phi) is 3.50. The lowest BCUT2D eigenvalue weighted by Gasteiger charge is -2.41. The number of ether oxygens (including phenoxy) is 1. The highest BCUT2D eigenvalue weighted by Crippen LogP contribution is 2.41. The largest absolute Gasteiger partial charge is 0.497 e. The Bertz CT molecular complexity index is 434. The van der Waals surface area contributed by atoms with Gasteiger partial charge in [-0.05, 0) is 50.3 Å². The molecule has 3 heteroatoms. The van der Waals surface area contributed by atoms with Crippen LogP contribution in [0, 0.1) is 0 Å². The summed E-state index contributed by atoms with van der Waals surface area (Å²) in [7, 11) is 1.73. The van der Waals surface area contributed by atoms with Gasteiger partial charge < -0.3 is 10.5 Å². The SMILES string of the molecule is COc1cccc(C(C)N2C3CCC2CC(N)C3)c1. The molecule has 0 aliphatic carbocycles. The van der Waals surface area contributed by atoms with Crippen molar-refractivity contribution >= 4 is 0 Å².